The lowest BCUT2D eigenvalue weighted by atomic mass is 9.93. The van der Waals surface area contributed by atoms with Crippen LogP contribution >= 0.6 is 0 Å². The number of hydrogen-bond donors (Lipinski definition) is 0. The van der Waals surface area contributed by atoms with E-state index in [1.54, 1.807) is 7.11 Å². The monoisotopic (exact) mass is 414 g/mol. The van der Waals surface area contributed by atoms with Gasteiger partial charge in [0.25, 0.3) is 6.01 Å². The van der Waals surface area contributed by atoms with Gasteiger partial charge in [-0.05, 0) is 50.8 Å². The molecule has 1 atom stereocenters. The standard InChI is InChI=1S/C23H34N4O3/c1-25(12-6-16-29-2)22(28)18-7-5-13-27(17-18)19-10-14-26(15-11-19)23-24-20-8-3-4-9-21(20)30-23/h3-4,8-9,18-19H,5-7,10-17H2,1-2H3/t18-/m0/s1. The van der Waals surface area contributed by atoms with E-state index >= 15 is 0 Å². The first-order chi connectivity index (χ1) is 14.7. The van der Waals surface area contributed by atoms with E-state index in [-0.39, 0.29) is 5.92 Å². The van der Waals surface area contributed by atoms with E-state index < -0.39 is 0 Å². The molecule has 7 nitrogen and oxygen atoms in total. The number of benzene rings is 1. The number of piperidine rings is 2. The summed E-state index contributed by atoms with van der Waals surface area (Å²) in [6.45, 7) is 5.36. The van der Waals surface area contributed by atoms with Crippen molar-refractivity contribution in [2.45, 2.75) is 38.1 Å². The highest BCUT2D eigenvalue weighted by Gasteiger charge is 2.33. The molecule has 2 aromatic rings. The van der Waals surface area contributed by atoms with Crippen molar-refractivity contribution in [3.8, 4) is 0 Å². The fraction of sp³-hybridized carbons (Fsp3) is 0.652. The molecule has 0 aliphatic carbocycles. The number of methoxy groups -OCH3 is 1. The van der Waals surface area contributed by atoms with Crippen LogP contribution in [0.5, 0.6) is 0 Å². The average Bonchev–Trinajstić information content (AvgIpc) is 3.23. The van der Waals surface area contributed by atoms with Gasteiger partial charge in [0, 0.05) is 53.0 Å². The Hall–Kier alpha value is -2.12. The van der Waals surface area contributed by atoms with Gasteiger partial charge in [-0.2, -0.15) is 4.98 Å². The Labute approximate surface area is 179 Å². The van der Waals surface area contributed by atoms with E-state index in [1.807, 2.05) is 36.2 Å². The van der Waals surface area contributed by atoms with Crippen LogP contribution in [0, 0.1) is 5.92 Å². The summed E-state index contributed by atoms with van der Waals surface area (Å²) in [4.78, 5) is 24.2. The van der Waals surface area contributed by atoms with Crippen molar-refractivity contribution in [2.24, 2.45) is 5.92 Å². The van der Waals surface area contributed by atoms with Crippen molar-refractivity contribution >= 4 is 23.0 Å². The van der Waals surface area contributed by atoms with Crippen LogP contribution in [0.1, 0.15) is 32.1 Å². The van der Waals surface area contributed by atoms with Crippen molar-refractivity contribution in [1.29, 1.82) is 0 Å². The van der Waals surface area contributed by atoms with Gasteiger partial charge in [0.15, 0.2) is 5.58 Å². The molecular formula is C23H34N4O3. The summed E-state index contributed by atoms with van der Waals surface area (Å²) >= 11 is 0. The van der Waals surface area contributed by atoms with Crippen molar-refractivity contribution in [3.63, 3.8) is 0 Å². The fourth-order valence-corrected chi connectivity index (χ4v) is 4.83. The van der Waals surface area contributed by atoms with Gasteiger partial charge in [0.05, 0.1) is 5.92 Å². The lowest BCUT2D eigenvalue weighted by molar-refractivity contribution is -0.136. The first kappa shape index (κ1) is 21.1. The average molecular weight is 415 g/mol. The van der Waals surface area contributed by atoms with Crippen LogP contribution in [0.3, 0.4) is 0 Å². The lowest BCUT2D eigenvalue weighted by Crippen LogP contribution is -2.51. The first-order valence-corrected chi connectivity index (χ1v) is 11.2. The number of oxazole rings is 1. The summed E-state index contributed by atoms with van der Waals surface area (Å²) in [5, 5.41) is 0. The van der Waals surface area contributed by atoms with E-state index in [1.165, 1.54) is 0 Å². The minimum Gasteiger partial charge on any atom is -0.423 e. The van der Waals surface area contributed by atoms with Gasteiger partial charge in [-0.15, -0.1) is 0 Å². The molecule has 0 unspecified atom stereocenters. The number of ether oxygens (including phenoxy) is 1. The molecule has 30 heavy (non-hydrogen) atoms. The molecule has 1 aromatic heterocycles. The second-order valence-corrected chi connectivity index (χ2v) is 8.62. The van der Waals surface area contributed by atoms with E-state index in [0.29, 0.717) is 18.6 Å². The van der Waals surface area contributed by atoms with Gasteiger partial charge in [0.1, 0.15) is 5.52 Å². The number of fused-ring (bicyclic) bond motifs is 1. The Balaban J connectivity index is 1.29. The smallest absolute Gasteiger partial charge is 0.298 e. The quantitative estimate of drug-likeness (QED) is 0.649. The molecule has 2 saturated heterocycles. The minimum atomic E-state index is 0.126. The molecule has 7 heteroatoms. The zero-order valence-corrected chi connectivity index (χ0v) is 18.3. The third-order valence-electron chi connectivity index (χ3n) is 6.55. The minimum absolute atomic E-state index is 0.126. The largest absolute Gasteiger partial charge is 0.423 e. The van der Waals surface area contributed by atoms with Gasteiger partial charge in [-0.3, -0.25) is 9.69 Å². The number of carbonyl (C=O) groups excluding carboxylic acids is 1. The predicted octanol–water partition coefficient (Wildman–Crippen LogP) is 3.00. The SMILES string of the molecule is COCCCN(C)C(=O)[C@H]1CCCN(C2CCN(c3nc4ccccc4o3)CC2)C1. The van der Waals surface area contributed by atoms with Crippen molar-refractivity contribution in [2.75, 3.05) is 58.4 Å². The number of likely N-dealkylation sites (tertiary alicyclic amines) is 1. The van der Waals surface area contributed by atoms with E-state index in [4.69, 9.17) is 9.15 Å². The molecule has 0 N–H and O–H groups in total. The highest BCUT2D eigenvalue weighted by Crippen LogP contribution is 2.28. The number of para-hydroxylation sites is 2. The van der Waals surface area contributed by atoms with Crippen LogP contribution in [-0.4, -0.2) is 80.2 Å². The van der Waals surface area contributed by atoms with E-state index in [9.17, 15) is 4.79 Å². The third-order valence-corrected chi connectivity index (χ3v) is 6.55. The molecule has 2 aliphatic heterocycles. The van der Waals surface area contributed by atoms with Gasteiger partial charge >= 0.3 is 0 Å². The molecule has 0 spiro atoms. The maximum Gasteiger partial charge on any atom is 0.298 e. The maximum absolute atomic E-state index is 12.9. The zero-order chi connectivity index (χ0) is 20.9. The molecule has 1 aromatic carbocycles. The topological polar surface area (TPSA) is 62.1 Å². The van der Waals surface area contributed by atoms with Gasteiger partial charge in [-0.25, -0.2) is 0 Å². The van der Waals surface area contributed by atoms with E-state index in [0.717, 1.165) is 81.9 Å². The number of aromatic nitrogens is 1. The van der Waals surface area contributed by atoms with Crippen LogP contribution < -0.4 is 4.90 Å². The third kappa shape index (κ3) is 4.78. The normalized spacial score (nSPS) is 21.3. The van der Waals surface area contributed by atoms with Crippen LogP contribution in [0.25, 0.3) is 11.1 Å². The van der Waals surface area contributed by atoms with Crippen LogP contribution in [0.2, 0.25) is 0 Å². The summed E-state index contributed by atoms with van der Waals surface area (Å²) in [7, 11) is 3.63. The number of rotatable bonds is 7. The molecule has 0 radical (unpaired) electrons. The highest BCUT2D eigenvalue weighted by molar-refractivity contribution is 5.79. The molecule has 164 valence electrons. The van der Waals surface area contributed by atoms with E-state index in [2.05, 4.69) is 14.8 Å². The zero-order valence-electron chi connectivity index (χ0n) is 18.3. The van der Waals surface area contributed by atoms with Crippen molar-refractivity contribution in [3.05, 3.63) is 24.3 Å². The van der Waals surface area contributed by atoms with Crippen LogP contribution in [0.4, 0.5) is 6.01 Å². The highest BCUT2D eigenvalue weighted by atomic mass is 16.5. The summed E-state index contributed by atoms with van der Waals surface area (Å²) in [6, 6.07) is 9.21. The summed E-state index contributed by atoms with van der Waals surface area (Å²) < 4.78 is 11.1. The molecule has 2 aliphatic rings. The lowest BCUT2D eigenvalue weighted by Gasteiger charge is -2.42. The molecular weight excluding hydrogens is 380 g/mol. The molecule has 0 saturated carbocycles. The fourth-order valence-electron chi connectivity index (χ4n) is 4.83. The Kier molecular flexibility index (Phi) is 6.89. The number of carbonyl (C=O) groups is 1. The van der Waals surface area contributed by atoms with Gasteiger partial charge in [0.2, 0.25) is 5.91 Å². The number of amides is 1. The Morgan fingerprint density at radius 1 is 1.23 bits per heavy atom. The van der Waals surface area contributed by atoms with Crippen LogP contribution in [-0.2, 0) is 9.53 Å². The molecule has 4 rings (SSSR count). The maximum atomic E-state index is 12.9. The molecule has 1 amide bonds. The predicted molar refractivity (Wildman–Crippen MR) is 118 cm³/mol. The number of anilines is 1. The molecule has 2 fully saturated rings. The molecule has 0 bridgehead atoms. The van der Waals surface area contributed by atoms with Crippen molar-refractivity contribution < 1.29 is 13.9 Å². The Morgan fingerprint density at radius 3 is 2.80 bits per heavy atom. The first-order valence-electron chi connectivity index (χ1n) is 11.2. The Morgan fingerprint density at radius 2 is 2.03 bits per heavy atom. The Bertz CT molecular complexity index is 798. The number of hydrogen-bond acceptors (Lipinski definition) is 6. The van der Waals surface area contributed by atoms with Crippen molar-refractivity contribution in [1.82, 2.24) is 14.8 Å². The van der Waals surface area contributed by atoms with Gasteiger partial charge < -0.3 is 19.0 Å². The summed E-state index contributed by atoms with van der Waals surface area (Å²) in [5.74, 6) is 0.418. The summed E-state index contributed by atoms with van der Waals surface area (Å²) in [6.07, 6.45) is 5.18. The second-order valence-electron chi connectivity index (χ2n) is 8.62. The second kappa shape index (κ2) is 9.79. The van der Waals surface area contributed by atoms with Crippen LogP contribution in [0.15, 0.2) is 28.7 Å². The molecule has 3 heterocycles. The summed E-state index contributed by atoms with van der Waals surface area (Å²) in [5.41, 5.74) is 1.77. The van der Waals surface area contributed by atoms with Gasteiger partial charge in [-0.1, -0.05) is 12.1 Å². The number of nitrogens with zero attached hydrogens (tertiary/aromatic N) is 4.